The molecule has 0 amide bonds. The maximum atomic E-state index is 12.2. The van der Waals surface area contributed by atoms with Gasteiger partial charge in [0.15, 0.2) is 5.78 Å². The molecule has 4 aromatic rings. The second-order valence-corrected chi connectivity index (χ2v) is 6.08. The molecule has 8 heteroatoms. The Morgan fingerprint density at radius 3 is 2.71 bits per heavy atom. The quantitative estimate of drug-likeness (QED) is 0.497. The van der Waals surface area contributed by atoms with Gasteiger partial charge >= 0.3 is 0 Å². The minimum atomic E-state index is -0.597. The lowest BCUT2D eigenvalue weighted by atomic mass is 10.1. The molecule has 28 heavy (non-hydrogen) atoms. The number of carbonyl (C=O) groups is 1. The average Bonchev–Trinajstić information content (AvgIpc) is 3.26. The normalized spacial score (nSPS) is 10.9. The summed E-state index contributed by atoms with van der Waals surface area (Å²) >= 11 is 0. The number of nitrogens with zero attached hydrogens (tertiary/aromatic N) is 3. The second-order valence-electron chi connectivity index (χ2n) is 6.08. The minimum absolute atomic E-state index is 0.0633. The number of H-pyrrole nitrogens is 1. The molecular weight excluding hydrogens is 360 g/mol. The van der Waals surface area contributed by atoms with Crippen molar-refractivity contribution >= 4 is 16.7 Å². The third-order valence-electron chi connectivity index (χ3n) is 4.24. The molecule has 0 saturated carbocycles. The summed E-state index contributed by atoms with van der Waals surface area (Å²) in [5.74, 6) is 0.528. The van der Waals surface area contributed by atoms with Gasteiger partial charge in [-0.2, -0.15) is 0 Å². The van der Waals surface area contributed by atoms with Gasteiger partial charge in [-0.1, -0.05) is 6.07 Å². The highest BCUT2D eigenvalue weighted by Gasteiger charge is 2.09. The van der Waals surface area contributed by atoms with Crippen LogP contribution in [0.5, 0.6) is 5.75 Å². The molecule has 2 heterocycles. The van der Waals surface area contributed by atoms with Crippen molar-refractivity contribution in [1.29, 1.82) is 0 Å². The van der Waals surface area contributed by atoms with E-state index < -0.39 is 12.4 Å². The maximum absolute atomic E-state index is 12.2. The molecule has 0 aliphatic rings. The van der Waals surface area contributed by atoms with Crippen LogP contribution in [0, 0.1) is 0 Å². The standard InChI is InChI=1S/C20H16N4O4/c25-10-18(26)13-1-6-16-17(9-13)22-19(23-20(16)27)11-28-15-4-2-14(3-5-15)24-8-7-21-12-24/h1-9,12,25H,10-11H2,(H,22,23,27). The van der Waals surface area contributed by atoms with Crippen LogP contribution in [0.4, 0.5) is 0 Å². The lowest BCUT2D eigenvalue weighted by Crippen LogP contribution is -2.14. The average molecular weight is 376 g/mol. The zero-order valence-electron chi connectivity index (χ0n) is 14.7. The Labute approximate surface area is 159 Å². The van der Waals surface area contributed by atoms with Gasteiger partial charge in [0.05, 0.1) is 17.2 Å². The molecule has 0 aliphatic heterocycles. The SMILES string of the molecule is O=C(CO)c1ccc2c(=O)[nH]c(COc3ccc(-n4ccnc4)cc3)nc2c1. The Morgan fingerprint density at radius 1 is 1.18 bits per heavy atom. The number of ether oxygens (including phenoxy) is 1. The van der Waals surface area contributed by atoms with Crippen molar-refractivity contribution in [2.45, 2.75) is 6.61 Å². The van der Waals surface area contributed by atoms with E-state index in [1.54, 1.807) is 12.5 Å². The first-order valence-corrected chi connectivity index (χ1v) is 8.52. The summed E-state index contributed by atoms with van der Waals surface area (Å²) in [5, 5.41) is 9.36. The predicted molar refractivity (Wildman–Crippen MR) is 102 cm³/mol. The van der Waals surface area contributed by atoms with E-state index in [0.717, 1.165) is 5.69 Å². The van der Waals surface area contributed by atoms with E-state index in [1.165, 1.54) is 18.2 Å². The van der Waals surface area contributed by atoms with Gasteiger partial charge in [-0.05, 0) is 36.4 Å². The highest BCUT2D eigenvalue weighted by molar-refractivity contribution is 5.99. The van der Waals surface area contributed by atoms with Crippen LogP contribution in [0.3, 0.4) is 0 Å². The van der Waals surface area contributed by atoms with Crippen LogP contribution < -0.4 is 10.3 Å². The van der Waals surface area contributed by atoms with Crippen LogP contribution in [0.2, 0.25) is 0 Å². The van der Waals surface area contributed by atoms with Crippen molar-refractivity contribution in [3.63, 3.8) is 0 Å². The first-order chi connectivity index (χ1) is 13.6. The van der Waals surface area contributed by atoms with Gasteiger partial charge in [0.2, 0.25) is 0 Å². The van der Waals surface area contributed by atoms with Gasteiger partial charge in [0.1, 0.15) is 24.8 Å². The number of rotatable bonds is 6. The monoisotopic (exact) mass is 376 g/mol. The van der Waals surface area contributed by atoms with Gasteiger partial charge < -0.3 is 19.4 Å². The molecule has 0 bridgehead atoms. The van der Waals surface area contributed by atoms with Crippen LogP contribution in [0.15, 0.2) is 66.0 Å². The van der Waals surface area contributed by atoms with Gasteiger partial charge in [-0.3, -0.25) is 9.59 Å². The first kappa shape index (κ1) is 17.6. The molecule has 0 fully saturated rings. The molecule has 2 aromatic heterocycles. The highest BCUT2D eigenvalue weighted by atomic mass is 16.5. The lowest BCUT2D eigenvalue weighted by molar-refractivity contribution is 0.0904. The van der Waals surface area contributed by atoms with Gasteiger partial charge in [0, 0.05) is 23.6 Å². The third-order valence-corrected chi connectivity index (χ3v) is 4.24. The van der Waals surface area contributed by atoms with E-state index in [2.05, 4.69) is 15.0 Å². The summed E-state index contributed by atoms with van der Waals surface area (Å²) in [7, 11) is 0. The molecule has 2 aromatic carbocycles. The Hall–Kier alpha value is -3.78. The molecule has 0 saturated heterocycles. The highest BCUT2D eigenvalue weighted by Crippen LogP contribution is 2.16. The molecular formula is C20H16N4O4. The van der Waals surface area contributed by atoms with Crippen LogP contribution in [-0.2, 0) is 6.61 Å². The Balaban J connectivity index is 1.54. The number of fused-ring (bicyclic) bond motifs is 1. The number of ketones is 1. The number of benzene rings is 2. The summed E-state index contributed by atoms with van der Waals surface area (Å²) in [4.78, 5) is 34.9. The number of aromatic nitrogens is 4. The summed E-state index contributed by atoms with van der Waals surface area (Å²) in [6.45, 7) is -0.534. The topological polar surface area (TPSA) is 110 Å². The van der Waals surface area contributed by atoms with E-state index in [-0.39, 0.29) is 12.2 Å². The van der Waals surface area contributed by atoms with E-state index in [4.69, 9.17) is 9.84 Å². The van der Waals surface area contributed by atoms with Crippen LogP contribution in [0.1, 0.15) is 16.2 Å². The van der Waals surface area contributed by atoms with E-state index in [0.29, 0.717) is 28.0 Å². The van der Waals surface area contributed by atoms with Gasteiger partial charge in [-0.25, -0.2) is 9.97 Å². The van der Waals surface area contributed by atoms with E-state index >= 15 is 0 Å². The fraction of sp³-hybridized carbons (Fsp3) is 0.100. The molecule has 8 nitrogen and oxygen atoms in total. The van der Waals surface area contributed by atoms with Crippen LogP contribution in [-0.4, -0.2) is 37.0 Å². The molecule has 0 unspecified atom stereocenters. The molecule has 0 atom stereocenters. The van der Waals surface area contributed by atoms with Gasteiger partial charge in [0.25, 0.3) is 5.56 Å². The van der Waals surface area contributed by atoms with Crippen molar-refractivity contribution in [2.75, 3.05) is 6.61 Å². The molecule has 2 N–H and O–H groups in total. The fourth-order valence-corrected chi connectivity index (χ4v) is 2.80. The third kappa shape index (κ3) is 3.53. The molecule has 0 radical (unpaired) electrons. The van der Waals surface area contributed by atoms with Crippen LogP contribution >= 0.6 is 0 Å². The Kier molecular flexibility index (Phi) is 4.69. The van der Waals surface area contributed by atoms with E-state index in [9.17, 15) is 9.59 Å². The Morgan fingerprint density at radius 2 is 2.00 bits per heavy atom. The lowest BCUT2D eigenvalue weighted by Gasteiger charge is -2.08. The van der Waals surface area contributed by atoms with Crippen molar-refractivity contribution in [3.05, 3.63) is 82.9 Å². The second kappa shape index (κ2) is 7.45. The molecule has 0 spiro atoms. The number of Topliss-reactive ketones (excluding diaryl/α,β-unsaturated/α-hetero) is 1. The number of aliphatic hydroxyl groups excluding tert-OH is 1. The van der Waals surface area contributed by atoms with E-state index in [1.807, 2.05) is 35.0 Å². The van der Waals surface area contributed by atoms with Crippen LogP contribution in [0.25, 0.3) is 16.6 Å². The number of aromatic amines is 1. The predicted octanol–water partition coefficient (Wildman–Crippen LogP) is 1.86. The number of nitrogens with one attached hydrogen (secondary N) is 1. The number of carbonyl (C=O) groups excluding carboxylic acids is 1. The maximum Gasteiger partial charge on any atom is 0.258 e. The van der Waals surface area contributed by atoms with Crippen molar-refractivity contribution < 1.29 is 14.6 Å². The van der Waals surface area contributed by atoms with Gasteiger partial charge in [-0.15, -0.1) is 0 Å². The smallest absolute Gasteiger partial charge is 0.258 e. The number of imidazole rings is 1. The molecule has 4 rings (SSSR count). The number of hydrogen-bond acceptors (Lipinski definition) is 6. The summed E-state index contributed by atoms with van der Waals surface area (Å²) in [6.07, 6.45) is 5.25. The van der Waals surface area contributed by atoms with Crippen molar-refractivity contribution in [2.24, 2.45) is 0 Å². The summed E-state index contributed by atoms with van der Waals surface area (Å²) in [5.41, 5.74) is 1.30. The largest absolute Gasteiger partial charge is 0.486 e. The van der Waals surface area contributed by atoms with Crippen molar-refractivity contribution in [3.8, 4) is 11.4 Å². The van der Waals surface area contributed by atoms with Crippen molar-refractivity contribution in [1.82, 2.24) is 19.5 Å². The fourth-order valence-electron chi connectivity index (χ4n) is 2.80. The first-order valence-electron chi connectivity index (χ1n) is 8.52. The molecule has 0 aliphatic carbocycles. The minimum Gasteiger partial charge on any atom is -0.486 e. The number of aliphatic hydroxyl groups is 1. The number of hydrogen-bond donors (Lipinski definition) is 2. The summed E-state index contributed by atoms with van der Waals surface area (Å²) < 4.78 is 7.58. The zero-order valence-corrected chi connectivity index (χ0v) is 14.7. The molecule has 140 valence electrons. The summed E-state index contributed by atoms with van der Waals surface area (Å²) in [6, 6.07) is 11.9. The Bertz CT molecular complexity index is 1180. The zero-order chi connectivity index (χ0) is 19.5.